The van der Waals surface area contributed by atoms with Gasteiger partial charge in [0.25, 0.3) is 0 Å². The van der Waals surface area contributed by atoms with E-state index in [1.165, 1.54) is 19.3 Å². The molecule has 0 atom stereocenters. The smallest absolute Gasteiger partial charge is 0.223 e. The molecule has 1 saturated carbocycles. The molecule has 0 bridgehead atoms. The first-order valence-electron chi connectivity index (χ1n) is 8.50. The lowest BCUT2D eigenvalue weighted by Gasteiger charge is -2.28. The van der Waals surface area contributed by atoms with Crippen LogP contribution in [0.3, 0.4) is 0 Å². The van der Waals surface area contributed by atoms with Crippen molar-refractivity contribution in [2.75, 3.05) is 13.1 Å². The summed E-state index contributed by atoms with van der Waals surface area (Å²) in [6, 6.07) is 0.567. The molecule has 1 amide bonds. The Labute approximate surface area is 125 Å². The van der Waals surface area contributed by atoms with Crippen LogP contribution in [0.2, 0.25) is 0 Å². The monoisotopic (exact) mass is 282 g/mol. The molecular formula is C17H34N2O. The summed E-state index contributed by atoms with van der Waals surface area (Å²) in [6.07, 6.45) is 6.85. The topological polar surface area (TPSA) is 41.1 Å². The minimum atomic E-state index is 0.268. The van der Waals surface area contributed by atoms with Crippen LogP contribution in [0.1, 0.15) is 66.2 Å². The van der Waals surface area contributed by atoms with Crippen molar-refractivity contribution in [3.63, 3.8) is 0 Å². The molecule has 0 heterocycles. The van der Waals surface area contributed by atoms with Crippen LogP contribution in [0.15, 0.2) is 0 Å². The molecule has 0 aromatic rings. The number of hydrogen-bond acceptors (Lipinski definition) is 2. The summed E-state index contributed by atoms with van der Waals surface area (Å²) in [5.74, 6) is 2.06. The van der Waals surface area contributed by atoms with E-state index < -0.39 is 0 Å². The van der Waals surface area contributed by atoms with Crippen molar-refractivity contribution in [1.29, 1.82) is 0 Å². The Hall–Kier alpha value is -0.570. The van der Waals surface area contributed by atoms with E-state index in [0.717, 1.165) is 44.2 Å². The fourth-order valence-electron chi connectivity index (χ4n) is 2.90. The fourth-order valence-corrected chi connectivity index (χ4v) is 2.90. The molecule has 1 aliphatic rings. The van der Waals surface area contributed by atoms with Gasteiger partial charge in [0.05, 0.1) is 0 Å². The summed E-state index contributed by atoms with van der Waals surface area (Å²) in [6.45, 7) is 10.8. The molecule has 3 heteroatoms. The maximum Gasteiger partial charge on any atom is 0.223 e. The zero-order valence-corrected chi connectivity index (χ0v) is 13.9. The van der Waals surface area contributed by atoms with E-state index in [1.807, 2.05) is 0 Å². The molecule has 0 unspecified atom stereocenters. The maximum atomic E-state index is 12.1. The van der Waals surface area contributed by atoms with Crippen molar-refractivity contribution in [2.24, 2.45) is 17.8 Å². The summed E-state index contributed by atoms with van der Waals surface area (Å²) in [5.41, 5.74) is 0. The summed E-state index contributed by atoms with van der Waals surface area (Å²) in [4.78, 5) is 12.1. The van der Waals surface area contributed by atoms with Gasteiger partial charge in [-0.3, -0.25) is 4.79 Å². The van der Waals surface area contributed by atoms with Gasteiger partial charge in [0.2, 0.25) is 5.91 Å². The molecule has 118 valence electrons. The summed E-state index contributed by atoms with van der Waals surface area (Å²) in [5, 5.41) is 6.63. The molecular weight excluding hydrogens is 248 g/mol. The first-order valence-corrected chi connectivity index (χ1v) is 8.50. The van der Waals surface area contributed by atoms with Crippen LogP contribution in [-0.4, -0.2) is 25.0 Å². The molecule has 3 nitrogen and oxygen atoms in total. The number of nitrogens with one attached hydrogen (secondary N) is 2. The Morgan fingerprint density at radius 3 is 2.30 bits per heavy atom. The minimum absolute atomic E-state index is 0.268. The lowest BCUT2D eigenvalue weighted by molar-refractivity contribution is -0.126. The molecule has 1 fully saturated rings. The molecule has 1 aliphatic carbocycles. The van der Waals surface area contributed by atoms with Gasteiger partial charge in [0.15, 0.2) is 0 Å². The fraction of sp³-hybridized carbons (Fsp3) is 0.941. The second-order valence-corrected chi connectivity index (χ2v) is 7.11. The maximum absolute atomic E-state index is 12.1. The molecule has 0 spiro atoms. The number of carbonyl (C=O) groups is 1. The largest absolute Gasteiger partial charge is 0.356 e. The van der Waals surface area contributed by atoms with Crippen LogP contribution in [0, 0.1) is 17.8 Å². The van der Waals surface area contributed by atoms with Crippen molar-refractivity contribution >= 4 is 5.91 Å². The van der Waals surface area contributed by atoms with Crippen molar-refractivity contribution < 1.29 is 4.79 Å². The quantitative estimate of drug-likeness (QED) is 0.670. The zero-order valence-electron chi connectivity index (χ0n) is 13.9. The van der Waals surface area contributed by atoms with E-state index in [1.54, 1.807) is 0 Å². The van der Waals surface area contributed by atoms with Crippen LogP contribution >= 0.6 is 0 Å². The Balaban J connectivity index is 2.12. The lowest BCUT2D eigenvalue weighted by atomic mass is 9.81. The molecule has 2 N–H and O–H groups in total. The van der Waals surface area contributed by atoms with Gasteiger partial charge in [0, 0.05) is 18.5 Å². The molecule has 0 aliphatic heterocycles. The third kappa shape index (κ3) is 7.28. The minimum Gasteiger partial charge on any atom is -0.356 e. The second-order valence-electron chi connectivity index (χ2n) is 7.11. The third-order valence-electron chi connectivity index (χ3n) is 4.29. The Bertz CT molecular complexity index is 268. The van der Waals surface area contributed by atoms with Gasteiger partial charge in [-0.25, -0.2) is 0 Å². The number of carbonyl (C=O) groups excluding carboxylic acids is 1. The molecule has 0 saturated heterocycles. The number of amides is 1. The van der Waals surface area contributed by atoms with Gasteiger partial charge in [0.1, 0.15) is 0 Å². The molecule has 0 aromatic heterocycles. The van der Waals surface area contributed by atoms with Gasteiger partial charge in [-0.15, -0.1) is 0 Å². The van der Waals surface area contributed by atoms with E-state index >= 15 is 0 Å². The van der Waals surface area contributed by atoms with Crippen molar-refractivity contribution in [2.45, 2.75) is 72.3 Å². The average molecular weight is 282 g/mol. The van der Waals surface area contributed by atoms with Crippen LogP contribution < -0.4 is 10.6 Å². The molecule has 20 heavy (non-hydrogen) atoms. The Morgan fingerprint density at radius 1 is 1.10 bits per heavy atom. The Kier molecular flexibility index (Phi) is 8.20. The van der Waals surface area contributed by atoms with E-state index in [0.29, 0.717) is 11.9 Å². The average Bonchev–Trinajstić information content (AvgIpc) is 2.41. The van der Waals surface area contributed by atoms with E-state index in [4.69, 9.17) is 0 Å². The predicted octanol–water partition coefficient (Wildman–Crippen LogP) is 3.34. The van der Waals surface area contributed by atoms with Gasteiger partial charge >= 0.3 is 0 Å². The highest BCUT2D eigenvalue weighted by molar-refractivity contribution is 5.78. The van der Waals surface area contributed by atoms with Crippen LogP contribution in [-0.2, 0) is 4.79 Å². The highest BCUT2D eigenvalue weighted by atomic mass is 16.1. The van der Waals surface area contributed by atoms with Gasteiger partial charge in [-0.1, -0.05) is 27.7 Å². The van der Waals surface area contributed by atoms with Gasteiger partial charge in [-0.2, -0.15) is 0 Å². The standard InChI is InChI=1S/C17H34N2O/c1-13(2)6-5-11-18-17(20)16-9-7-15(8-10-16)12-19-14(3)4/h13-16,19H,5-12H2,1-4H3,(H,18,20). The first-order chi connectivity index (χ1) is 9.49. The van der Waals surface area contributed by atoms with Crippen molar-refractivity contribution in [3.05, 3.63) is 0 Å². The zero-order chi connectivity index (χ0) is 15.0. The number of rotatable bonds is 8. The van der Waals surface area contributed by atoms with Crippen LogP contribution in [0.4, 0.5) is 0 Å². The van der Waals surface area contributed by atoms with Gasteiger partial charge in [-0.05, 0) is 56.9 Å². The van der Waals surface area contributed by atoms with E-state index in [9.17, 15) is 4.79 Å². The van der Waals surface area contributed by atoms with Gasteiger partial charge < -0.3 is 10.6 Å². The van der Waals surface area contributed by atoms with Crippen LogP contribution in [0.25, 0.3) is 0 Å². The number of hydrogen-bond donors (Lipinski definition) is 2. The lowest BCUT2D eigenvalue weighted by Crippen LogP contribution is -2.36. The summed E-state index contributed by atoms with van der Waals surface area (Å²) in [7, 11) is 0. The molecule has 0 radical (unpaired) electrons. The molecule has 1 rings (SSSR count). The van der Waals surface area contributed by atoms with E-state index in [2.05, 4.69) is 38.3 Å². The Morgan fingerprint density at radius 2 is 1.75 bits per heavy atom. The highest BCUT2D eigenvalue weighted by Gasteiger charge is 2.25. The van der Waals surface area contributed by atoms with Crippen molar-refractivity contribution in [3.8, 4) is 0 Å². The highest BCUT2D eigenvalue weighted by Crippen LogP contribution is 2.28. The first kappa shape index (κ1) is 17.5. The second kappa shape index (κ2) is 9.38. The third-order valence-corrected chi connectivity index (χ3v) is 4.29. The van der Waals surface area contributed by atoms with E-state index in [-0.39, 0.29) is 5.92 Å². The SMILES string of the molecule is CC(C)CCCNC(=O)C1CCC(CNC(C)C)CC1. The van der Waals surface area contributed by atoms with Crippen LogP contribution in [0.5, 0.6) is 0 Å². The predicted molar refractivity (Wildman–Crippen MR) is 85.7 cm³/mol. The summed E-state index contributed by atoms with van der Waals surface area (Å²) < 4.78 is 0. The molecule has 0 aromatic carbocycles. The normalized spacial score (nSPS) is 23.3. The van der Waals surface area contributed by atoms with Crippen molar-refractivity contribution in [1.82, 2.24) is 10.6 Å². The summed E-state index contributed by atoms with van der Waals surface area (Å²) >= 11 is 0.